The SMILES string of the molecule is C/C=C\C=C/COCC1CCCCC1. The third kappa shape index (κ3) is 5.23. The first-order valence-corrected chi connectivity index (χ1v) is 5.79. The van der Waals surface area contributed by atoms with Crippen LogP contribution < -0.4 is 0 Å². The maximum atomic E-state index is 5.60. The Balaban J connectivity index is 1.97. The molecule has 1 heteroatoms. The van der Waals surface area contributed by atoms with Crippen molar-refractivity contribution >= 4 is 0 Å². The van der Waals surface area contributed by atoms with E-state index in [1.54, 1.807) is 0 Å². The van der Waals surface area contributed by atoms with Crippen molar-refractivity contribution in [3.63, 3.8) is 0 Å². The van der Waals surface area contributed by atoms with Gasteiger partial charge < -0.3 is 4.74 Å². The summed E-state index contributed by atoms with van der Waals surface area (Å²) in [5.41, 5.74) is 0. The Bertz CT molecular complexity index is 176. The third-order valence-corrected chi connectivity index (χ3v) is 2.73. The Morgan fingerprint density at radius 2 is 1.93 bits per heavy atom. The quantitative estimate of drug-likeness (QED) is 0.479. The first kappa shape index (κ1) is 11.5. The van der Waals surface area contributed by atoms with Crippen LogP contribution >= 0.6 is 0 Å². The molecule has 0 aromatic carbocycles. The molecule has 1 saturated carbocycles. The molecule has 0 bridgehead atoms. The minimum absolute atomic E-state index is 0.765. The van der Waals surface area contributed by atoms with Gasteiger partial charge in [-0.2, -0.15) is 0 Å². The van der Waals surface area contributed by atoms with Crippen molar-refractivity contribution in [3.05, 3.63) is 24.3 Å². The zero-order chi connectivity index (χ0) is 10.1. The molecule has 0 N–H and O–H groups in total. The van der Waals surface area contributed by atoms with E-state index >= 15 is 0 Å². The molecule has 1 aliphatic carbocycles. The molecule has 0 radical (unpaired) electrons. The van der Waals surface area contributed by atoms with E-state index in [1.165, 1.54) is 32.1 Å². The van der Waals surface area contributed by atoms with Gasteiger partial charge in [-0.1, -0.05) is 43.6 Å². The highest BCUT2D eigenvalue weighted by molar-refractivity contribution is 5.00. The molecule has 0 aromatic rings. The van der Waals surface area contributed by atoms with E-state index in [2.05, 4.69) is 6.08 Å². The molecule has 0 amide bonds. The highest BCUT2D eigenvalue weighted by atomic mass is 16.5. The number of rotatable bonds is 5. The van der Waals surface area contributed by atoms with Crippen molar-refractivity contribution in [2.75, 3.05) is 13.2 Å². The van der Waals surface area contributed by atoms with E-state index in [-0.39, 0.29) is 0 Å². The summed E-state index contributed by atoms with van der Waals surface area (Å²) in [4.78, 5) is 0. The van der Waals surface area contributed by atoms with Gasteiger partial charge in [0.1, 0.15) is 0 Å². The molecule has 1 rings (SSSR count). The second-order valence-electron chi connectivity index (χ2n) is 4.00. The molecular weight excluding hydrogens is 172 g/mol. The zero-order valence-electron chi connectivity index (χ0n) is 9.24. The smallest absolute Gasteiger partial charge is 0.0650 e. The molecule has 1 nitrogen and oxygen atoms in total. The van der Waals surface area contributed by atoms with E-state index in [1.807, 2.05) is 25.2 Å². The van der Waals surface area contributed by atoms with Gasteiger partial charge in [-0.05, 0) is 25.7 Å². The molecule has 80 valence electrons. The van der Waals surface area contributed by atoms with Crippen LogP contribution in [0, 0.1) is 5.92 Å². The molecule has 0 heterocycles. The number of ether oxygens (including phenoxy) is 1. The van der Waals surface area contributed by atoms with Crippen LogP contribution in [-0.4, -0.2) is 13.2 Å². The summed E-state index contributed by atoms with van der Waals surface area (Å²) in [6.45, 7) is 3.74. The normalized spacial score (nSPS) is 19.8. The molecule has 0 unspecified atom stereocenters. The van der Waals surface area contributed by atoms with E-state index in [4.69, 9.17) is 4.74 Å². The van der Waals surface area contributed by atoms with Crippen LogP contribution in [0.25, 0.3) is 0 Å². The van der Waals surface area contributed by atoms with Crippen molar-refractivity contribution in [1.29, 1.82) is 0 Å². The van der Waals surface area contributed by atoms with Gasteiger partial charge in [0.2, 0.25) is 0 Å². The Labute approximate surface area is 87.8 Å². The highest BCUT2D eigenvalue weighted by Crippen LogP contribution is 2.23. The Kier molecular flexibility index (Phi) is 6.42. The lowest BCUT2D eigenvalue weighted by Gasteiger charge is -2.20. The Morgan fingerprint density at radius 1 is 1.14 bits per heavy atom. The first-order valence-electron chi connectivity index (χ1n) is 5.79. The molecule has 1 aliphatic rings. The lowest BCUT2D eigenvalue weighted by atomic mass is 9.90. The van der Waals surface area contributed by atoms with Gasteiger partial charge in [-0.15, -0.1) is 0 Å². The minimum Gasteiger partial charge on any atom is -0.377 e. The highest BCUT2D eigenvalue weighted by Gasteiger charge is 2.12. The van der Waals surface area contributed by atoms with Crippen molar-refractivity contribution in [1.82, 2.24) is 0 Å². The van der Waals surface area contributed by atoms with E-state index in [0.717, 1.165) is 19.1 Å². The van der Waals surface area contributed by atoms with Crippen LogP contribution in [0.4, 0.5) is 0 Å². The summed E-state index contributed by atoms with van der Waals surface area (Å²) in [6, 6.07) is 0. The Hall–Kier alpha value is -0.560. The number of allylic oxidation sites excluding steroid dienone is 3. The fraction of sp³-hybridized carbons (Fsp3) is 0.692. The van der Waals surface area contributed by atoms with Crippen molar-refractivity contribution in [2.24, 2.45) is 5.92 Å². The molecule has 0 atom stereocenters. The number of hydrogen-bond donors (Lipinski definition) is 0. The van der Waals surface area contributed by atoms with Crippen LogP contribution in [0.3, 0.4) is 0 Å². The fourth-order valence-corrected chi connectivity index (χ4v) is 1.90. The van der Waals surface area contributed by atoms with Crippen LogP contribution in [0.2, 0.25) is 0 Å². The second kappa shape index (κ2) is 7.81. The maximum absolute atomic E-state index is 5.60. The van der Waals surface area contributed by atoms with Gasteiger partial charge in [0.15, 0.2) is 0 Å². The summed E-state index contributed by atoms with van der Waals surface area (Å²) in [5, 5.41) is 0. The van der Waals surface area contributed by atoms with Crippen LogP contribution in [0.1, 0.15) is 39.0 Å². The molecule has 0 aliphatic heterocycles. The van der Waals surface area contributed by atoms with Crippen LogP contribution in [0.5, 0.6) is 0 Å². The van der Waals surface area contributed by atoms with E-state index in [9.17, 15) is 0 Å². The van der Waals surface area contributed by atoms with E-state index < -0.39 is 0 Å². The fourth-order valence-electron chi connectivity index (χ4n) is 1.90. The molecule has 0 aromatic heterocycles. The predicted molar refractivity (Wildman–Crippen MR) is 61.3 cm³/mol. The minimum atomic E-state index is 0.765. The molecule has 0 saturated heterocycles. The molecule has 1 fully saturated rings. The largest absolute Gasteiger partial charge is 0.377 e. The average Bonchev–Trinajstić information content (AvgIpc) is 2.25. The zero-order valence-corrected chi connectivity index (χ0v) is 9.24. The van der Waals surface area contributed by atoms with E-state index in [0.29, 0.717) is 0 Å². The lowest BCUT2D eigenvalue weighted by Crippen LogP contribution is -2.13. The van der Waals surface area contributed by atoms with Gasteiger partial charge in [-0.3, -0.25) is 0 Å². The summed E-state index contributed by atoms with van der Waals surface area (Å²) in [5.74, 6) is 0.832. The summed E-state index contributed by atoms with van der Waals surface area (Å²) < 4.78 is 5.60. The van der Waals surface area contributed by atoms with Gasteiger partial charge in [0.05, 0.1) is 6.61 Å². The maximum Gasteiger partial charge on any atom is 0.0650 e. The molecule has 14 heavy (non-hydrogen) atoms. The van der Waals surface area contributed by atoms with Gasteiger partial charge >= 0.3 is 0 Å². The molecule has 0 spiro atoms. The van der Waals surface area contributed by atoms with Gasteiger partial charge in [-0.25, -0.2) is 0 Å². The number of hydrogen-bond acceptors (Lipinski definition) is 1. The standard InChI is InChI=1S/C13H22O/c1-2-3-4-8-11-14-12-13-9-6-5-7-10-13/h2-4,8,13H,5-7,9-12H2,1H3/b3-2-,8-4-. The van der Waals surface area contributed by atoms with Crippen molar-refractivity contribution < 1.29 is 4.74 Å². The molecular formula is C13H22O. The Morgan fingerprint density at radius 3 is 2.64 bits per heavy atom. The van der Waals surface area contributed by atoms with Crippen molar-refractivity contribution in [3.8, 4) is 0 Å². The predicted octanol–water partition coefficient (Wildman–Crippen LogP) is 3.72. The first-order chi connectivity index (χ1) is 6.93. The third-order valence-electron chi connectivity index (χ3n) is 2.73. The summed E-state index contributed by atoms with van der Waals surface area (Å²) in [7, 11) is 0. The average molecular weight is 194 g/mol. The summed E-state index contributed by atoms with van der Waals surface area (Å²) in [6.07, 6.45) is 15.2. The van der Waals surface area contributed by atoms with Crippen LogP contribution in [0.15, 0.2) is 24.3 Å². The second-order valence-corrected chi connectivity index (χ2v) is 4.00. The lowest BCUT2D eigenvalue weighted by molar-refractivity contribution is 0.106. The summed E-state index contributed by atoms with van der Waals surface area (Å²) >= 11 is 0. The topological polar surface area (TPSA) is 9.23 Å². The monoisotopic (exact) mass is 194 g/mol. The van der Waals surface area contributed by atoms with Crippen LogP contribution in [-0.2, 0) is 4.74 Å². The van der Waals surface area contributed by atoms with Gasteiger partial charge in [0.25, 0.3) is 0 Å². The van der Waals surface area contributed by atoms with Gasteiger partial charge in [0, 0.05) is 6.61 Å². The van der Waals surface area contributed by atoms with Crippen molar-refractivity contribution in [2.45, 2.75) is 39.0 Å².